The number of nitrogens with one attached hydrogen (secondary N) is 1. The number of sulfonamides is 1. The zero-order valence-electron chi connectivity index (χ0n) is 11.4. The highest BCUT2D eigenvalue weighted by Crippen LogP contribution is 2.25. The Bertz CT molecular complexity index is 811. The molecule has 112 valence electrons. The standard InChI is InChI=1S/C12H14N4O4S/c1-7-11(6-16(2)15-7)14-10-4-3-8(21(13,19)20)5-9(10)12(17)18/h3-6,14H,1-2H3,(H,17,18)(H2,13,19,20). The average Bonchev–Trinajstić information content (AvgIpc) is 2.66. The number of aryl methyl sites for hydroxylation is 2. The molecule has 0 aliphatic heterocycles. The van der Waals surface area contributed by atoms with Crippen LogP contribution in [0.3, 0.4) is 0 Å². The van der Waals surface area contributed by atoms with Gasteiger partial charge in [-0.25, -0.2) is 18.4 Å². The van der Waals surface area contributed by atoms with E-state index in [9.17, 15) is 18.3 Å². The molecule has 1 aromatic heterocycles. The van der Waals surface area contributed by atoms with Crippen LogP contribution in [0.5, 0.6) is 0 Å². The molecule has 21 heavy (non-hydrogen) atoms. The molecule has 0 fully saturated rings. The van der Waals surface area contributed by atoms with Crippen LogP contribution >= 0.6 is 0 Å². The van der Waals surface area contributed by atoms with Crippen molar-refractivity contribution in [3.05, 3.63) is 35.7 Å². The third-order valence-corrected chi connectivity index (χ3v) is 3.74. The number of hydrogen-bond acceptors (Lipinski definition) is 5. The summed E-state index contributed by atoms with van der Waals surface area (Å²) in [5.74, 6) is -1.26. The van der Waals surface area contributed by atoms with Crippen molar-refractivity contribution in [3.8, 4) is 0 Å². The summed E-state index contributed by atoms with van der Waals surface area (Å²) in [6.45, 7) is 1.77. The third-order valence-electron chi connectivity index (χ3n) is 2.83. The second-order valence-electron chi connectivity index (χ2n) is 4.48. The van der Waals surface area contributed by atoms with Crippen LogP contribution in [0.25, 0.3) is 0 Å². The first-order chi connectivity index (χ1) is 9.68. The molecule has 0 aliphatic carbocycles. The van der Waals surface area contributed by atoms with Crippen molar-refractivity contribution in [3.63, 3.8) is 0 Å². The monoisotopic (exact) mass is 310 g/mol. The third kappa shape index (κ3) is 3.20. The van der Waals surface area contributed by atoms with E-state index in [0.29, 0.717) is 11.4 Å². The van der Waals surface area contributed by atoms with E-state index in [-0.39, 0.29) is 16.1 Å². The van der Waals surface area contributed by atoms with Crippen LogP contribution in [-0.4, -0.2) is 29.3 Å². The number of nitrogens with zero attached hydrogens (tertiary/aromatic N) is 2. The first-order valence-corrected chi connectivity index (χ1v) is 7.40. The van der Waals surface area contributed by atoms with E-state index in [2.05, 4.69) is 10.4 Å². The van der Waals surface area contributed by atoms with E-state index in [4.69, 9.17) is 5.14 Å². The largest absolute Gasteiger partial charge is 0.478 e. The molecule has 0 saturated heterocycles. The number of carboxylic acids is 1. The molecule has 0 unspecified atom stereocenters. The van der Waals surface area contributed by atoms with Gasteiger partial charge < -0.3 is 10.4 Å². The topological polar surface area (TPSA) is 127 Å². The maximum Gasteiger partial charge on any atom is 0.337 e. The van der Waals surface area contributed by atoms with Gasteiger partial charge in [0.05, 0.1) is 27.5 Å². The summed E-state index contributed by atoms with van der Waals surface area (Å²) in [5, 5.41) is 21.3. The van der Waals surface area contributed by atoms with Crippen molar-refractivity contribution in [1.29, 1.82) is 0 Å². The van der Waals surface area contributed by atoms with Gasteiger partial charge in [0.15, 0.2) is 0 Å². The van der Waals surface area contributed by atoms with Gasteiger partial charge in [-0.2, -0.15) is 5.10 Å². The minimum Gasteiger partial charge on any atom is -0.478 e. The van der Waals surface area contributed by atoms with Gasteiger partial charge in [0.2, 0.25) is 10.0 Å². The number of benzene rings is 1. The molecule has 0 bridgehead atoms. The lowest BCUT2D eigenvalue weighted by molar-refractivity contribution is 0.0697. The summed E-state index contributed by atoms with van der Waals surface area (Å²) in [5.41, 5.74) is 1.38. The Morgan fingerprint density at radius 2 is 2.05 bits per heavy atom. The first kappa shape index (κ1) is 15.0. The fourth-order valence-corrected chi connectivity index (χ4v) is 2.39. The van der Waals surface area contributed by atoms with Gasteiger partial charge in [0.1, 0.15) is 0 Å². The van der Waals surface area contributed by atoms with Crippen molar-refractivity contribution < 1.29 is 18.3 Å². The first-order valence-electron chi connectivity index (χ1n) is 5.86. The van der Waals surface area contributed by atoms with E-state index in [1.807, 2.05) is 0 Å². The Morgan fingerprint density at radius 3 is 2.52 bits per heavy atom. The molecule has 0 atom stereocenters. The molecule has 0 radical (unpaired) electrons. The second-order valence-corrected chi connectivity index (χ2v) is 6.05. The SMILES string of the molecule is Cc1nn(C)cc1Nc1ccc(S(N)(=O)=O)cc1C(=O)O. The average molecular weight is 310 g/mol. The Kier molecular flexibility index (Phi) is 3.71. The lowest BCUT2D eigenvalue weighted by Gasteiger charge is -2.10. The number of primary sulfonamides is 1. The number of anilines is 2. The van der Waals surface area contributed by atoms with Gasteiger partial charge in [0, 0.05) is 13.2 Å². The minimum atomic E-state index is -3.96. The van der Waals surface area contributed by atoms with Crippen LogP contribution in [-0.2, 0) is 17.1 Å². The molecule has 2 rings (SSSR count). The van der Waals surface area contributed by atoms with Crippen LogP contribution < -0.4 is 10.5 Å². The molecule has 8 nitrogen and oxygen atoms in total. The number of hydrogen-bond donors (Lipinski definition) is 3. The van der Waals surface area contributed by atoms with E-state index >= 15 is 0 Å². The van der Waals surface area contributed by atoms with Gasteiger partial charge in [-0.3, -0.25) is 4.68 Å². The van der Waals surface area contributed by atoms with Gasteiger partial charge in [-0.1, -0.05) is 0 Å². The van der Waals surface area contributed by atoms with E-state index < -0.39 is 16.0 Å². The molecule has 0 aliphatic rings. The molecule has 2 aromatic rings. The lowest BCUT2D eigenvalue weighted by Crippen LogP contribution is -2.14. The van der Waals surface area contributed by atoms with Gasteiger partial charge >= 0.3 is 5.97 Å². The van der Waals surface area contributed by atoms with Crippen molar-refractivity contribution in [1.82, 2.24) is 9.78 Å². The highest BCUT2D eigenvalue weighted by Gasteiger charge is 2.17. The molecule has 0 amide bonds. The maximum atomic E-state index is 11.3. The predicted molar refractivity (Wildman–Crippen MR) is 76.0 cm³/mol. The maximum absolute atomic E-state index is 11.3. The van der Waals surface area contributed by atoms with Crippen LogP contribution in [0, 0.1) is 6.92 Å². The van der Waals surface area contributed by atoms with Crippen molar-refractivity contribution in [2.24, 2.45) is 12.2 Å². The molecule has 0 spiro atoms. The van der Waals surface area contributed by atoms with Crippen LogP contribution in [0.2, 0.25) is 0 Å². The van der Waals surface area contributed by atoms with Crippen molar-refractivity contribution in [2.75, 3.05) is 5.32 Å². The smallest absolute Gasteiger partial charge is 0.337 e. The Morgan fingerprint density at radius 1 is 1.38 bits per heavy atom. The molecule has 4 N–H and O–H groups in total. The van der Waals surface area contributed by atoms with Crippen molar-refractivity contribution >= 4 is 27.4 Å². The quantitative estimate of drug-likeness (QED) is 0.767. The summed E-state index contributed by atoms with van der Waals surface area (Å²) in [6.07, 6.45) is 1.69. The fourth-order valence-electron chi connectivity index (χ4n) is 1.85. The summed E-state index contributed by atoms with van der Waals surface area (Å²) < 4.78 is 24.2. The van der Waals surface area contributed by atoms with Crippen molar-refractivity contribution in [2.45, 2.75) is 11.8 Å². The Hall–Kier alpha value is -2.39. The zero-order valence-corrected chi connectivity index (χ0v) is 12.2. The summed E-state index contributed by atoms with van der Waals surface area (Å²) >= 11 is 0. The number of aromatic nitrogens is 2. The highest BCUT2D eigenvalue weighted by molar-refractivity contribution is 7.89. The number of aromatic carboxylic acids is 1. The number of rotatable bonds is 4. The van der Waals surface area contributed by atoms with Gasteiger partial charge in [-0.15, -0.1) is 0 Å². The molecular weight excluding hydrogens is 296 g/mol. The normalized spacial score (nSPS) is 11.4. The van der Waals surface area contributed by atoms with Crippen LogP contribution in [0.1, 0.15) is 16.1 Å². The molecule has 0 saturated carbocycles. The fraction of sp³-hybridized carbons (Fsp3) is 0.167. The Labute approximate surface area is 121 Å². The van der Waals surface area contributed by atoms with Crippen LogP contribution in [0.4, 0.5) is 11.4 Å². The number of carbonyl (C=O) groups is 1. The molecule has 1 heterocycles. The Balaban J connectivity index is 2.49. The van der Waals surface area contributed by atoms with E-state index in [0.717, 1.165) is 6.07 Å². The van der Waals surface area contributed by atoms with Gasteiger partial charge in [0.25, 0.3) is 0 Å². The minimum absolute atomic E-state index is 0.190. The predicted octanol–water partition coefficient (Wildman–Crippen LogP) is 0.818. The summed E-state index contributed by atoms with van der Waals surface area (Å²) in [6, 6.07) is 3.62. The molecule has 9 heteroatoms. The molecular formula is C12H14N4O4S. The summed E-state index contributed by atoms with van der Waals surface area (Å²) in [4.78, 5) is 11.0. The highest BCUT2D eigenvalue weighted by atomic mass is 32.2. The number of carboxylic acid groups (broad SMARTS) is 1. The lowest BCUT2D eigenvalue weighted by atomic mass is 10.1. The zero-order chi connectivity index (χ0) is 15.8. The van der Waals surface area contributed by atoms with Gasteiger partial charge in [-0.05, 0) is 25.1 Å². The van der Waals surface area contributed by atoms with E-state index in [1.54, 1.807) is 24.9 Å². The second kappa shape index (κ2) is 5.19. The van der Waals surface area contributed by atoms with E-state index in [1.165, 1.54) is 12.1 Å². The summed E-state index contributed by atoms with van der Waals surface area (Å²) in [7, 11) is -2.22. The van der Waals surface area contributed by atoms with Crippen LogP contribution in [0.15, 0.2) is 29.3 Å². The molecule has 1 aromatic carbocycles. The number of nitrogens with two attached hydrogens (primary N) is 1.